The maximum atomic E-state index is 13.4. The summed E-state index contributed by atoms with van der Waals surface area (Å²) in [5.41, 5.74) is 2.61. The zero-order valence-electron chi connectivity index (χ0n) is 18.5. The van der Waals surface area contributed by atoms with Gasteiger partial charge in [-0.05, 0) is 36.2 Å². The Morgan fingerprint density at radius 3 is 2.58 bits per heavy atom. The molecule has 0 aliphatic rings. The van der Waals surface area contributed by atoms with Gasteiger partial charge in [-0.15, -0.1) is 0 Å². The van der Waals surface area contributed by atoms with Gasteiger partial charge >= 0.3 is 0 Å². The number of H-pyrrole nitrogens is 1. The molecular formula is C25H27FN4O3. The standard InChI is InChI=1S/C25H27FN4O3/c1-33-13-12-29-22(16-27-11-10-18-8-5-9-20(26)14-18)24-21(15-23(29)31)28-30(25(24)32)17-19-6-3-2-4-7-19/h2-9,14-15,27-28H,10-13,16-17H2,1H3. The van der Waals surface area contributed by atoms with Gasteiger partial charge in [-0.3, -0.25) is 14.7 Å². The van der Waals surface area contributed by atoms with Gasteiger partial charge in [0, 0.05) is 32.0 Å². The smallest absolute Gasteiger partial charge is 0.276 e. The SMILES string of the molecule is COCCn1c(CNCCc2cccc(F)c2)c2c(=O)n(Cc3ccccc3)[nH]c2cc1=O. The van der Waals surface area contributed by atoms with E-state index in [1.54, 1.807) is 17.7 Å². The third kappa shape index (κ3) is 5.30. The summed E-state index contributed by atoms with van der Waals surface area (Å²) in [6.45, 7) is 1.97. The lowest BCUT2D eigenvalue weighted by molar-refractivity contribution is 0.185. The largest absolute Gasteiger partial charge is 0.383 e. The fourth-order valence-electron chi connectivity index (χ4n) is 3.98. The molecule has 4 aromatic rings. The molecule has 0 unspecified atom stereocenters. The van der Waals surface area contributed by atoms with Crippen LogP contribution in [0.5, 0.6) is 0 Å². The molecule has 2 N–H and O–H groups in total. The highest BCUT2D eigenvalue weighted by atomic mass is 19.1. The third-order valence-electron chi connectivity index (χ3n) is 5.61. The maximum absolute atomic E-state index is 13.4. The van der Waals surface area contributed by atoms with E-state index >= 15 is 0 Å². The average Bonchev–Trinajstić information content (AvgIpc) is 3.11. The number of rotatable bonds is 10. The molecule has 8 heteroatoms. The first-order chi connectivity index (χ1) is 16.1. The second-order valence-electron chi connectivity index (χ2n) is 7.91. The van der Waals surface area contributed by atoms with E-state index in [9.17, 15) is 14.0 Å². The highest BCUT2D eigenvalue weighted by Crippen LogP contribution is 2.13. The van der Waals surface area contributed by atoms with E-state index in [2.05, 4.69) is 10.4 Å². The number of hydrogen-bond donors (Lipinski definition) is 2. The summed E-state index contributed by atoms with van der Waals surface area (Å²) in [4.78, 5) is 26.1. The molecule has 7 nitrogen and oxygen atoms in total. The Balaban J connectivity index is 1.63. The van der Waals surface area contributed by atoms with Crippen molar-refractivity contribution < 1.29 is 9.13 Å². The number of aromatic amines is 1. The van der Waals surface area contributed by atoms with Crippen LogP contribution in [0.1, 0.15) is 16.8 Å². The summed E-state index contributed by atoms with van der Waals surface area (Å²) in [6, 6.07) is 17.6. The number of ether oxygens (including phenoxy) is 1. The van der Waals surface area contributed by atoms with Gasteiger partial charge in [-0.1, -0.05) is 42.5 Å². The molecule has 0 atom stereocenters. The van der Waals surface area contributed by atoms with E-state index in [4.69, 9.17) is 4.74 Å². The van der Waals surface area contributed by atoms with E-state index in [0.717, 1.165) is 11.1 Å². The molecule has 0 fully saturated rings. The summed E-state index contributed by atoms with van der Waals surface area (Å²) in [6.07, 6.45) is 0.626. The molecule has 0 amide bonds. The van der Waals surface area contributed by atoms with Crippen LogP contribution in [0.2, 0.25) is 0 Å². The van der Waals surface area contributed by atoms with Gasteiger partial charge in [0.15, 0.2) is 0 Å². The van der Waals surface area contributed by atoms with Crippen LogP contribution in [0, 0.1) is 5.82 Å². The summed E-state index contributed by atoms with van der Waals surface area (Å²) >= 11 is 0. The Kier molecular flexibility index (Phi) is 7.16. The zero-order valence-corrected chi connectivity index (χ0v) is 18.5. The minimum Gasteiger partial charge on any atom is -0.383 e. The number of methoxy groups -OCH3 is 1. The van der Waals surface area contributed by atoms with Crippen molar-refractivity contribution >= 4 is 10.9 Å². The van der Waals surface area contributed by atoms with Crippen molar-refractivity contribution in [2.75, 3.05) is 20.3 Å². The van der Waals surface area contributed by atoms with Gasteiger partial charge in [0.25, 0.3) is 11.1 Å². The topological polar surface area (TPSA) is 81.0 Å². The predicted octanol–water partition coefficient (Wildman–Crippen LogP) is 2.66. The first-order valence-electron chi connectivity index (χ1n) is 10.9. The molecule has 0 bridgehead atoms. The molecule has 0 saturated heterocycles. The van der Waals surface area contributed by atoms with E-state index in [0.29, 0.717) is 55.8 Å². The minimum atomic E-state index is -0.267. The monoisotopic (exact) mass is 450 g/mol. The Morgan fingerprint density at radius 2 is 1.82 bits per heavy atom. The Hall–Kier alpha value is -3.49. The second-order valence-corrected chi connectivity index (χ2v) is 7.91. The number of hydrogen-bond acceptors (Lipinski definition) is 4. The average molecular weight is 451 g/mol. The Labute approximate surface area is 190 Å². The van der Waals surface area contributed by atoms with Crippen LogP contribution >= 0.6 is 0 Å². The van der Waals surface area contributed by atoms with E-state index in [1.807, 2.05) is 36.4 Å². The summed E-state index contributed by atoms with van der Waals surface area (Å²) in [5.74, 6) is -0.267. The van der Waals surface area contributed by atoms with Crippen molar-refractivity contribution in [1.82, 2.24) is 19.7 Å². The fourth-order valence-corrected chi connectivity index (χ4v) is 3.98. The third-order valence-corrected chi connectivity index (χ3v) is 5.61. The number of pyridine rings is 1. The summed E-state index contributed by atoms with van der Waals surface area (Å²) in [7, 11) is 1.57. The highest BCUT2D eigenvalue weighted by molar-refractivity contribution is 5.80. The van der Waals surface area contributed by atoms with Crippen LogP contribution < -0.4 is 16.4 Å². The molecule has 0 saturated carbocycles. The minimum absolute atomic E-state index is 0.179. The summed E-state index contributed by atoms with van der Waals surface area (Å²) in [5, 5.41) is 6.88. The van der Waals surface area contributed by atoms with Gasteiger partial charge in [0.05, 0.1) is 24.1 Å². The molecule has 2 aromatic heterocycles. The molecule has 2 heterocycles. The first-order valence-corrected chi connectivity index (χ1v) is 10.9. The normalized spacial score (nSPS) is 11.3. The van der Waals surface area contributed by atoms with Crippen LogP contribution in [-0.4, -0.2) is 34.6 Å². The highest BCUT2D eigenvalue weighted by Gasteiger charge is 2.17. The molecule has 0 radical (unpaired) electrons. The molecule has 0 spiro atoms. The molecule has 0 aliphatic heterocycles. The van der Waals surface area contributed by atoms with Gasteiger partial charge in [0.1, 0.15) is 5.82 Å². The number of fused-ring (bicyclic) bond motifs is 1. The molecule has 0 aliphatic carbocycles. The van der Waals surface area contributed by atoms with Crippen molar-refractivity contribution in [2.24, 2.45) is 0 Å². The van der Waals surface area contributed by atoms with Crippen LogP contribution in [0.25, 0.3) is 10.9 Å². The lowest BCUT2D eigenvalue weighted by Gasteiger charge is -2.14. The maximum Gasteiger partial charge on any atom is 0.276 e. The lowest BCUT2D eigenvalue weighted by atomic mass is 10.1. The summed E-state index contributed by atoms with van der Waals surface area (Å²) < 4.78 is 21.7. The van der Waals surface area contributed by atoms with Crippen molar-refractivity contribution in [1.29, 1.82) is 0 Å². The number of halogens is 1. The molecule has 2 aromatic carbocycles. The number of benzene rings is 2. The van der Waals surface area contributed by atoms with Crippen molar-refractivity contribution in [2.45, 2.75) is 26.1 Å². The zero-order chi connectivity index (χ0) is 23.2. The van der Waals surface area contributed by atoms with Crippen LogP contribution in [0.3, 0.4) is 0 Å². The number of nitrogens with one attached hydrogen (secondary N) is 2. The predicted molar refractivity (Wildman–Crippen MR) is 126 cm³/mol. The van der Waals surface area contributed by atoms with Gasteiger partial charge in [-0.25, -0.2) is 9.07 Å². The quantitative estimate of drug-likeness (QED) is 0.364. The first kappa shape index (κ1) is 22.7. The van der Waals surface area contributed by atoms with Gasteiger partial charge < -0.3 is 14.6 Å². The van der Waals surface area contributed by atoms with E-state index in [-0.39, 0.29) is 16.9 Å². The van der Waals surface area contributed by atoms with Crippen LogP contribution in [-0.2, 0) is 30.8 Å². The van der Waals surface area contributed by atoms with Crippen LogP contribution in [0.4, 0.5) is 4.39 Å². The van der Waals surface area contributed by atoms with Gasteiger partial charge in [-0.2, -0.15) is 0 Å². The molecule has 4 rings (SSSR count). The van der Waals surface area contributed by atoms with E-state index < -0.39 is 0 Å². The van der Waals surface area contributed by atoms with Gasteiger partial charge in [0.2, 0.25) is 0 Å². The van der Waals surface area contributed by atoms with Crippen molar-refractivity contribution in [3.8, 4) is 0 Å². The van der Waals surface area contributed by atoms with Crippen LogP contribution in [0.15, 0.2) is 70.3 Å². The van der Waals surface area contributed by atoms with Crippen molar-refractivity contribution in [3.05, 3.63) is 104 Å². The van der Waals surface area contributed by atoms with Crippen molar-refractivity contribution in [3.63, 3.8) is 0 Å². The Bertz CT molecular complexity index is 1340. The van der Waals surface area contributed by atoms with E-state index in [1.165, 1.54) is 22.9 Å². The number of nitrogens with zero attached hydrogens (tertiary/aromatic N) is 2. The molecule has 172 valence electrons. The number of aromatic nitrogens is 3. The molecular weight excluding hydrogens is 423 g/mol. The Morgan fingerprint density at radius 1 is 1.03 bits per heavy atom. The second kappa shape index (κ2) is 10.4. The fraction of sp³-hybridized carbons (Fsp3) is 0.280. The molecule has 33 heavy (non-hydrogen) atoms. The lowest BCUT2D eigenvalue weighted by Crippen LogP contribution is -2.30.